The molecule has 0 radical (unpaired) electrons. The number of ether oxygens (including phenoxy) is 1. The largest absolute Gasteiger partial charge is 0.496 e. The predicted octanol–water partition coefficient (Wildman–Crippen LogP) is 4.77. The van der Waals surface area contributed by atoms with Crippen LogP contribution in [-0.2, 0) is 24.7 Å². The Bertz CT molecular complexity index is 1330. The molecule has 2 heterocycles. The van der Waals surface area contributed by atoms with E-state index in [4.69, 9.17) is 21.4 Å². The van der Waals surface area contributed by atoms with E-state index in [1.165, 1.54) is 11.3 Å². The van der Waals surface area contributed by atoms with E-state index < -0.39 is 5.97 Å². The highest BCUT2D eigenvalue weighted by Crippen LogP contribution is 2.30. The Morgan fingerprint density at radius 1 is 1.22 bits per heavy atom. The van der Waals surface area contributed by atoms with Gasteiger partial charge in [-0.1, -0.05) is 11.6 Å². The summed E-state index contributed by atoms with van der Waals surface area (Å²) in [6.07, 6.45) is 2.45. The number of carboxylic acid groups (broad SMARTS) is 1. The topological polar surface area (TPSA) is 93.5 Å². The highest BCUT2D eigenvalue weighted by molar-refractivity contribution is 7.14. The van der Waals surface area contributed by atoms with Gasteiger partial charge in [0.1, 0.15) is 5.75 Å². The molecular formula is C23H20ClN3O4S. The van der Waals surface area contributed by atoms with Gasteiger partial charge in [-0.25, -0.2) is 4.98 Å². The first kappa shape index (κ1) is 21.9. The van der Waals surface area contributed by atoms with Gasteiger partial charge in [-0.15, -0.1) is 11.3 Å². The fourth-order valence-electron chi connectivity index (χ4n) is 3.62. The van der Waals surface area contributed by atoms with E-state index >= 15 is 0 Å². The number of carbonyl (C=O) groups excluding carboxylic acids is 1. The van der Waals surface area contributed by atoms with Crippen molar-refractivity contribution in [1.82, 2.24) is 9.55 Å². The molecule has 164 valence electrons. The predicted molar refractivity (Wildman–Crippen MR) is 125 cm³/mol. The number of thiazole rings is 1. The number of benzene rings is 2. The first-order valence-electron chi connectivity index (χ1n) is 9.72. The molecule has 0 saturated carbocycles. The van der Waals surface area contributed by atoms with Gasteiger partial charge in [-0.05, 0) is 42.0 Å². The molecule has 1 amide bonds. The van der Waals surface area contributed by atoms with Crippen LogP contribution < -0.4 is 10.1 Å². The molecule has 2 N–H and O–H groups in total. The number of rotatable bonds is 7. The minimum atomic E-state index is -0.966. The lowest BCUT2D eigenvalue weighted by molar-refractivity contribution is -0.136. The third kappa shape index (κ3) is 4.61. The van der Waals surface area contributed by atoms with Crippen molar-refractivity contribution in [3.8, 4) is 5.75 Å². The summed E-state index contributed by atoms with van der Waals surface area (Å²) in [5.74, 6) is -0.522. The maximum Gasteiger partial charge on any atom is 0.309 e. The summed E-state index contributed by atoms with van der Waals surface area (Å²) in [5.41, 5.74) is 3.88. The highest BCUT2D eigenvalue weighted by atomic mass is 35.5. The number of anilines is 1. The maximum absolute atomic E-state index is 12.8. The summed E-state index contributed by atoms with van der Waals surface area (Å²) < 4.78 is 7.49. The van der Waals surface area contributed by atoms with E-state index in [0.29, 0.717) is 27.8 Å². The Balaban J connectivity index is 1.62. The summed E-state index contributed by atoms with van der Waals surface area (Å²) in [7, 11) is 3.58. The number of aryl methyl sites for hydroxylation is 1. The van der Waals surface area contributed by atoms with Crippen LogP contribution in [0, 0.1) is 0 Å². The minimum absolute atomic E-state index is 0.182. The maximum atomic E-state index is 12.8. The molecule has 0 saturated heterocycles. The molecule has 7 nitrogen and oxygen atoms in total. The van der Waals surface area contributed by atoms with E-state index in [0.717, 1.165) is 27.8 Å². The van der Waals surface area contributed by atoms with E-state index in [1.807, 2.05) is 42.1 Å². The van der Waals surface area contributed by atoms with E-state index in [1.54, 1.807) is 24.6 Å². The van der Waals surface area contributed by atoms with Gasteiger partial charge in [-0.2, -0.15) is 0 Å². The number of hydrogen-bond acceptors (Lipinski definition) is 5. The number of carboxylic acids is 1. The van der Waals surface area contributed by atoms with E-state index in [9.17, 15) is 9.59 Å². The Morgan fingerprint density at radius 3 is 2.78 bits per heavy atom. The van der Waals surface area contributed by atoms with Crippen LogP contribution in [0.25, 0.3) is 10.9 Å². The summed E-state index contributed by atoms with van der Waals surface area (Å²) in [5, 5.41) is 15.2. The molecule has 2 aromatic carbocycles. The van der Waals surface area contributed by atoms with Crippen molar-refractivity contribution in [2.75, 3.05) is 12.4 Å². The second-order valence-electron chi connectivity index (χ2n) is 7.30. The summed E-state index contributed by atoms with van der Waals surface area (Å²) in [4.78, 5) is 27.8. The molecule has 2 aromatic heterocycles. The smallest absolute Gasteiger partial charge is 0.309 e. The molecular weight excluding hydrogens is 450 g/mol. The molecule has 4 aromatic rings. The quantitative estimate of drug-likeness (QED) is 0.406. The lowest BCUT2D eigenvalue weighted by Crippen LogP contribution is -2.12. The molecule has 9 heteroatoms. The summed E-state index contributed by atoms with van der Waals surface area (Å²) in [6.45, 7) is 0. The monoisotopic (exact) mass is 469 g/mol. The fourth-order valence-corrected chi connectivity index (χ4v) is 4.52. The van der Waals surface area contributed by atoms with Gasteiger partial charge in [0, 0.05) is 52.1 Å². The van der Waals surface area contributed by atoms with E-state index in [-0.39, 0.29) is 12.3 Å². The number of hydrogen-bond donors (Lipinski definition) is 2. The number of nitrogens with one attached hydrogen (secondary N) is 1. The summed E-state index contributed by atoms with van der Waals surface area (Å²) >= 11 is 7.38. The van der Waals surface area contributed by atoms with Crippen molar-refractivity contribution in [3.63, 3.8) is 0 Å². The fraction of sp³-hybridized carbons (Fsp3) is 0.174. The number of amides is 1. The number of methoxy groups -OCH3 is 1. The Morgan fingerprint density at radius 2 is 2.03 bits per heavy atom. The average Bonchev–Trinajstić information content (AvgIpc) is 3.31. The van der Waals surface area contributed by atoms with Gasteiger partial charge in [0.25, 0.3) is 5.91 Å². The molecule has 0 bridgehead atoms. The average molecular weight is 470 g/mol. The van der Waals surface area contributed by atoms with Crippen molar-refractivity contribution in [3.05, 3.63) is 75.4 Å². The lowest BCUT2D eigenvalue weighted by Gasteiger charge is -2.09. The molecule has 32 heavy (non-hydrogen) atoms. The standard InChI is InChI=1S/C23H20ClN3O4S/c1-27-11-15(7-14-8-16(24)4-6-20(14)31-2)18-9-13(3-5-19(18)27)22(30)26-23-25-17(12-32-23)10-21(28)29/h3-6,8-9,11-12H,7,10H2,1-2H3,(H,28,29)(H,25,26,30). The first-order chi connectivity index (χ1) is 15.3. The summed E-state index contributed by atoms with van der Waals surface area (Å²) in [6, 6.07) is 11.0. The van der Waals surface area contributed by atoms with Gasteiger partial charge in [0.2, 0.25) is 0 Å². The Kier molecular flexibility index (Phi) is 6.16. The van der Waals surface area contributed by atoms with Crippen LogP contribution in [-0.4, -0.2) is 33.6 Å². The normalized spacial score (nSPS) is 11.0. The van der Waals surface area contributed by atoms with Crippen molar-refractivity contribution in [2.45, 2.75) is 12.8 Å². The van der Waals surface area contributed by atoms with Crippen LogP contribution in [0.5, 0.6) is 5.75 Å². The minimum Gasteiger partial charge on any atom is -0.496 e. The van der Waals surface area contributed by atoms with Crippen molar-refractivity contribution < 1.29 is 19.4 Å². The number of halogens is 1. The molecule has 0 aliphatic carbocycles. The number of nitrogens with zero attached hydrogens (tertiary/aromatic N) is 2. The third-order valence-corrected chi connectivity index (χ3v) is 6.10. The molecule has 0 fully saturated rings. The zero-order chi connectivity index (χ0) is 22.8. The van der Waals surface area contributed by atoms with E-state index in [2.05, 4.69) is 10.3 Å². The zero-order valence-corrected chi connectivity index (χ0v) is 19.0. The Hall–Kier alpha value is -3.36. The zero-order valence-electron chi connectivity index (χ0n) is 17.4. The van der Waals surface area contributed by atoms with Gasteiger partial charge in [0.05, 0.1) is 19.2 Å². The molecule has 0 unspecified atom stereocenters. The van der Waals surface area contributed by atoms with Crippen molar-refractivity contribution in [2.24, 2.45) is 7.05 Å². The number of carbonyl (C=O) groups is 2. The Labute approximate surface area is 193 Å². The number of fused-ring (bicyclic) bond motifs is 1. The second-order valence-corrected chi connectivity index (χ2v) is 8.59. The molecule has 4 rings (SSSR count). The van der Waals surface area contributed by atoms with Gasteiger partial charge in [-0.3, -0.25) is 14.9 Å². The molecule has 0 aliphatic rings. The van der Waals surface area contributed by atoms with Crippen molar-refractivity contribution >= 4 is 50.8 Å². The van der Waals surface area contributed by atoms with Crippen LogP contribution in [0.1, 0.15) is 27.2 Å². The van der Waals surface area contributed by atoms with Crippen LogP contribution in [0.4, 0.5) is 5.13 Å². The highest BCUT2D eigenvalue weighted by Gasteiger charge is 2.15. The molecule has 0 spiro atoms. The second kappa shape index (κ2) is 9.02. The SMILES string of the molecule is COc1ccc(Cl)cc1Cc1cn(C)c2ccc(C(=O)Nc3nc(CC(=O)O)cs3)cc12. The van der Waals surface area contributed by atoms with Crippen LogP contribution >= 0.6 is 22.9 Å². The molecule has 0 atom stereocenters. The van der Waals surface area contributed by atoms with Gasteiger partial charge < -0.3 is 14.4 Å². The van der Waals surface area contributed by atoms with Gasteiger partial charge in [0.15, 0.2) is 5.13 Å². The van der Waals surface area contributed by atoms with Crippen LogP contribution in [0.15, 0.2) is 48.0 Å². The first-order valence-corrected chi connectivity index (χ1v) is 11.0. The van der Waals surface area contributed by atoms with Crippen molar-refractivity contribution in [1.29, 1.82) is 0 Å². The molecule has 0 aliphatic heterocycles. The van der Waals surface area contributed by atoms with Crippen LogP contribution in [0.3, 0.4) is 0 Å². The number of aromatic nitrogens is 2. The van der Waals surface area contributed by atoms with Gasteiger partial charge >= 0.3 is 5.97 Å². The third-order valence-electron chi connectivity index (χ3n) is 5.06. The number of aliphatic carboxylic acids is 1. The lowest BCUT2D eigenvalue weighted by atomic mass is 10.0. The van der Waals surface area contributed by atoms with Crippen LogP contribution in [0.2, 0.25) is 5.02 Å².